The summed E-state index contributed by atoms with van der Waals surface area (Å²) in [5.41, 5.74) is -0.0361. The molecule has 2 amide bonds. The van der Waals surface area contributed by atoms with Crippen molar-refractivity contribution in [3.63, 3.8) is 0 Å². The van der Waals surface area contributed by atoms with Crippen LogP contribution in [0.2, 0.25) is 0 Å². The number of hydrogen-bond acceptors (Lipinski definition) is 5. The van der Waals surface area contributed by atoms with E-state index in [9.17, 15) is 14.4 Å². The maximum Gasteiger partial charge on any atom is 0.407 e. The summed E-state index contributed by atoms with van der Waals surface area (Å²) < 4.78 is 9.78. The van der Waals surface area contributed by atoms with Gasteiger partial charge in [-0.1, -0.05) is 30.3 Å². The number of ether oxygens (including phenoxy) is 2. The van der Waals surface area contributed by atoms with Gasteiger partial charge in [0.05, 0.1) is 13.5 Å². The normalized spacial score (nSPS) is 19.3. The first-order chi connectivity index (χ1) is 11.1. The molecular weight excluding hydrogens is 300 g/mol. The minimum atomic E-state index is -0.943. The molecule has 0 aliphatic carbocycles. The van der Waals surface area contributed by atoms with E-state index in [-0.39, 0.29) is 18.9 Å². The molecule has 2 rings (SSSR count). The van der Waals surface area contributed by atoms with E-state index >= 15 is 0 Å². The number of amides is 2. The van der Waals surface area contributed by atoms with Gasteiger partial charge in [-0.25, -0.2) is 9.59 Å². The van der Waals surface area contributed by atoms with Crippen molar-refractivity contribution in [1.29, 1.82) is 0 Å². The Morgan fingerprint density at radius 2 is 2.00 bits per heavy atom. The summed E-state index contributed by atoms with van der Waals surface area (Å²) in [4.78, 5) is 34.4. The average molecular weight is 320 g/mol. The number of nitrogens with one attached hydrogen (secondary N) is 2. The molecule has 1 fully saturated rings. The Kier molecular flexibility index (Phi) is 5.56. The SMILES string of the molecule is COC(=O)C1(CCCNC(=O)OCc2ccccc2)CC(=O)N1. The fourth-order valence-electron chi connectivity index (χ4n) is 2.45. The van der Waals surface area contributed by atoms with Crippen LogP contribution in [0.3, 0.4) is 0 Å². The molecule has 0 bridgehead atoms. The molecule has 7 heteroatoms. The predicted molar refractivity (Wildman–Crippen MR) is 81.4 cm³/mol. The van der Waals surface area contributed by atoms with Crippen molar-refractivity contribution in [2.24, 2.45) is 0 Å². The number of carbonyl (C=O) groups excluding carboxylic acids is 3. The Morgan fingerprint density at radius 3 is 2.61 bits per heavy atom. The summed E-state index contributed by atoms with van der Waals surface area (Å²) in [6.45, 7) is 0.553. The number of β-lactam (4-membered cyclic amide) rings is 1. The van der Waals surface area contributed by atoms with Crippen molar-refractivity contribution in [3.8, 4) is 0 Å². The Morgan fingerprint density at radius 1 is 1.30 bits per heavy atom. The van der Waals surface area contributed by atoms with E-state index in [0.29, 0.717) is 19.4 Å². The molecule has 0 spiro atoms. The highest BCUT2D eigenvalue weighted by molar-refractivity contribution is 5.98. The molecule has 1 heterocycles. The number of hydrogen-bond donors (Lipinski definition) is 2. The lowest BCUT2D eigenvalue weighted by molar-refractivity contribution is -0.159. The Balaban J connectivity index is 1.65. The van der Waals surface area contributed by atoms with Crippen molar-refractivity contribution in [1.82, 2.24) is 10.6 Å². The predicted octanol–water partition coefficient (Wildman–Crippen LogP) is 1.12. The second-order valence-electron chi connectivity index (χ2n) is 5.39. The Labute approximate surface area is 134 Å². The Bertz CT molecular complexity index is 565. The first-order valence-corrected chi connectivity index (χ1v) is 7.40. The molecule has 23 heavy (non-hydrogen) atoms. The van der Waals surface area contributed by atoms with Crippen molar-refractivity contribution in [2.75, 3.05) is 13.7 Å². The van der Waals surface area contributed by atoms with Gasteiger partial charge in [-0.3, -0.25) is 4.79 Å². The smallest absolute Gasteiger partial charge is 0.407 e. The fraction of sp³-hybridized carbons (Fsp3) is 0.438. The third kappa shape index (κ3) is 4.45. The molecule has 0 aromatic heterocycles. The van der Waals surface area contributed by atoms with Gasteiger partial charge in [0, 0.05) is 6.54 Å². The lowest BCUT2D eigenvalue weighted by atomic mass is 9.82. The molecule has 7 nitrogen and oxygen atoms in total. The molecule has 1 saturated heterocycles. The van der Waals surface area contributed by atoms with Crippen molar-refractivity contribution < 1.29 is 23.9 Å². The summed E-state index contributed by atoms with van der Waals surface area (Å²) in [5, 5.41) is 5.20. The minimum Gasteiger partial charge on any atom is -0.467 e. The lowest BCUT2D eigenvalue weighted by Gasteiger charge is -2.39. The van der Waals surface area contributed by atoms with Crippen molar-refractivity contribution >= 4 is 18.0 Å². The van der Waals surface area contributed by atoms with Gasteiger partial charge in [0.2, 0.25) is 5.91 Å². The molecule has 124 valence electrons. The van der Waals surface area contributed by atoms with Gasteiger partial charge in [0.15, 0.2) is 0 Å². The number of methoxy groups -OCH3 is 1. The first kappa shape index (κ1) is 16.8. The molecule has 0 radical (unpaired) electrons. The molecule has 1 unspecified atom stereocenters. The third-order valence-corrected chi connectivity index (χ3v) is 3.68. The third-order valence-electron chi connectivity index (χ3n) is 3.68. The number of alkyl carbamates (subject to hydrolysis) is 1. The Hall–Kier alpha value is -2.57. The zero-order chi connectivity index (χ0) is 16.7. The number of esters is 1. The number of rotatable bonds is 7. The molecule has 0 saturated carbocycles. The largest absolute Gasteiger partial charge is 0.467 e. The summed E-state index contributed by atoms with van der Waals surface area (Å²) in [7, 11) is 1.29. The van der Waals surface area contributed by atoms with Crippen LogP contribution >= 0.6 is 0 Å². The van der Waals surface area contributed by atoms with E-state index in [2.05, 4.69) is 10.6 Å². The van der Waals surface area contributed by atoms with Gasteiger partial charge in [0.1, 0.15) is 12.1 Å². The van der Waals surface area contributed by atoms with Crippen LogP contribution in [0.15, 0.2) is 30.3 Å². The molecule has 2 N–H and O–H groups in total. The number of benzene rings is 1. The molecular formula is C16H20N2O5. The topological polar surface area (TPSA) is 93.7 Å². The van der Waals surface area contributed by atoms with Gasteiger partial charge in [0.25, 0.3) is 0 Å². The van der Waals surface area contributed by atoms with E-state index in [4.69, 9.17) is 9.47 Å². The van der Waals surface area contributed by atoms with Gasteiger partial charge >= 0.3 is 12.1 Å². The molecule has 1 aromatic rings. The fourth-order valence-corrected chi connectivity index (χ4v) is 2.45. The van der Waals surface area contributed by atoms with E-state index in [1.165, 1.54) is 7.11 Å². The molecule has 1 aliphatic heterocycles. The minimum absolute atomic E-state index is 0.123. The standard InChI is InChI=1S/C16H20N2O5/c1-22-14(20)16(10-13(19)18-16)8-5-9-17-15(21)23-11-12-6-3-2-4-7-12/h2-4,6-7H,5,8-11H2,1H3,(H,17,21)(H,18,19). The zero-order valence-electron chi connectivity index (χ0n) is 13.0. The molecule has 1 aliphatic rings. The van der Waals surface area contributed by atoms with Gasteiger partial charge in [-0.05, 0) is 18.4 Å². The van der Waals surface area contributed by atoms with Crippen LogP contribution in [-0.2, 0) is 25.7 Å². The van der Waals surface area contributed by atoms with E-state index in [1.54, 1.807) is 0 Å². The molecule has 1 aromatic carbocycles. The van der Waals surface area contributed by atoms with Crippen LogP contribution in [-0.4, -0.2) is 37.2 Å². The van der Waals surface area contributed by atoms with Crippen molar-refractivity contribution in [2.45, 2.75) is 31.4 Å². The second-order valence-corrected chi connectivity index (χ2v) is 5.39. The first-order valence-electron chi connectivity index (χ1n) is 7.40. The van der Waals surface area contributed by atoms with Crippen LogP contribution in [0.25, 0.3) is 0 Å². The summed E-state index contributed by atoms with van der Waals surface area (Å²) >= 11 is 0. The highest BCUT2D eigenvalue weighted by Crippen LogP contribution is 2.26. The van der Waals surface area contributed by atoms with Crippen LogP contribution < -0.4 is 10.6 Å². The van der Waals surface area contributed by atoms with Crippen LogP contribution in [0.4, 0.5) is 4.79 Å². The lowest BCUT2D eigenvalue weighted by Crippen LogP contribution is -2.66. The zero-order valence-corrected chi connectivity index (χ0v) is 13.0. The van der Waals surface area contributed by atoms with Crippen LogP contribution in [0, 0.1) is 0 Å². The average Bonchev–Trinajstić information content (AvgIpc) is 2.54. The van der Waals surface area contributed by atoms with Gasteiger partial charge in [-0.15, -0.1) is 0 Å². The summed E-state index contributed by atoms with van der Waals surface area (Å²) in [5.74, 6) is -0.630. The summed E-state index contributed by atoms with van der Waals surface area (Å²) in [6.07, 6.45) is 0.539. The van der Waals surface area contributed by atoms with Crippen LogP contribution in [0.1, 0.15) is 24.8 Å². The van der Waals surface area contributed by atoms with E-state index < -0.39 is 17.6 Å². The monoisotopic (exact) mass is 320 g/mol. The molecule has 1 atom stereocenters. The summed E-state index contributed by atoms with van der Waals surface area (Å²) in [6, 6.07) is 9.37. The van der Waals surface area contributed by atoms with E-state index in [1.807, 2.05) is 30.3 Å². The van der Waals surface area contributed by atoms with E-state index in [0.717, 1.165) is 5.56 Å². The maximum atomic E-state index is 11.7. The highest BCUT2D eigenvalue weighted by Gasteiger charge is 2.49. The number of carbonyl (C=O) groups is 3. The quantitative estimate of drug-likeness (QED) is 0.446. The van der Waals surface area contributed by atoms with Gasteiger partial charge < -0.3 is 20.1 Å². The maximum absolute atomic E-state index is 11.7. The van der Waals surface area contributed by atoms with Crippen molar-refractivity contribution in [3.05, 3.63) is 35.9 Å². The second kappa shape index (κ2) is 7.62. The van der Waals surface area contributed by atoms with Gasteiger partial charge in [-0.2, -0.15) is 0 Å². The highest BCUT2D eigenvalue weighted by atomic mass is 16.5. The van der Waals surface area contributed by atoms with Crippen LogP contribution in [0.5, 0.6) is 0 Å².